The fourth-order valence-electron chi connectivity index (χ4n) is 2.05. The third-order valence-corrected chi connectivity index (χ3v) is 3.11. The van der Waals surface area contributed by atoms with E-state index in [0.29, 0.717) is 25.5 Å². The number of pyridine rings is 1. The molecule has 116 valence electrons. The number of benzene rings is 1. The number of nitrogens with zero attached hydrogens (tertiary/aromatic N) is 1. The van der Waals surface area contributed by atoms with E-state index in [4.69, 9.17) is 9.47 Å². The summed E-state index contributed by atoms with van der Waals surface area (Å²) in [4.78, 5) is 16.2. The van der Waals surface area contributed by atoms with Gasteiger partial charge in [0.05, 0.1) is 20.1 Å². The van der Waals surface area contributed by atoms with E-state index in [2.05, 4.69) is 10.3 Å². The summed E-state index contributed by atoms with van der Waals surface area (Å²) in [7, 11) is 1.61. The van der Waals surface area contributed by atoms with E-state index < -0.39 is 0 Å². The number of nitrogens with one attached hydrogen (secondary N) is 1. The Morgan fingerprint density at radius 3 is 2.91 bits per heavy atom. The molecule has 0 aliphatic rings. The number of ether oxygens (including phenoxy) is 2. The van der Waals surface area contributed by atoms with E-state index in [1.807, 2.05) is 43.3 Å². The molecule has 0 aliphatic heterocycles. The van der Waals surface area contributed by atoms with E-state index in [1.165, 1.54) is 0 Å². The first kappa shape index (κ1) is 15.8. The largest absolute Gasteiger partial charge is 0.497 e. The Morgan fingerprint density at radius 1 is 1.27 bits per heavy atom. The van der Waals surface area contributed by atoms with Crippen LogP contribution in [0.15, 0.2) is 42.6 Å². The number of carbonyl (C=O) groups excluding carboxylic acids is 1. The topological polar surface area (TPSA) is 60.5 Å². The number of aromatic nitrogens is 1. The zero-order valence-electron chi connectivity index (χ0n) is 12.8. The second-order valence-corrected chi connectivity index (χ2v) is 4.71. The highest BCUT2D eigenvalue weighted by atomic mass is 16.5. The first-order valence-corrected chi connectivity index (χ1v) is 7.19. The van der Waals surface area contributed by atoms with Crippen LogP contribution < -0.4 is 14.8 Å². The minimum atomic E-state index is -0.0560. The van der Waals surface area contributed by atoms with Crippen LogP contribution in [-0.2, 0) is 17.8 Å². The number of hydrogen-bond acceptors (Lipinski definition) is 4. The van der Waals surface area contributed by atoms with Crippen molar-refractivity contribution in [2.45, 2.75) is 19.9 Å². The van der Waals surface area contributed by atoms with Crippen LogP contribution in [0.2, 0.25) is 0 Å². The summed E-state index contributed by atoms with van der Waals surface area (Å²) in [6, 6.07) is 11.2. The van der Waals surface area contributed by atoms with Crippen LogP contribution in [0.3, 0.4) is 0 Å². The molecule has 1 amide bonds. The fourth-order valence-corrected chi connectivity index (χ4v) is 2.05. The third-order valence-electron chi connectivity index (χ3n) is 3.11. The van der Waals surface area contributed by atoms with Gasteiger partial charge < -0.3 is 14.8 Å². The van der Waals surface area contributed by atoms with Gasteiger partial charge in [0, 0.05) is 18.3 Å². The Hall–Kier alpha value is -2.56. The summed E-state index contributed by atoms with van der Waals surface area (Å²) >= 11 is 0. The van der Waals surface area contributed by atoms with Crippen LogP contribution in [0.5, 0.6) is 11.6 Å². The molecular weight excluding hydrogens is 280 g/mol. The van der Waals surface area contributed by atoms with Crippen molar-refractivity contribution in [2.75, 3.05) is 13.7 Å². The Balaban J connectivity index is 1.92. The molecule has 0 aliphatic carbocycles. The van der Waals surface area contributed by atoms with Gasteiger partial charge in [-0.2, -0.15) is 0 Å². The van der Waals surface area contributed by atoms with Crippen molar-refractivity contribution in [2.24, 2.45) is 0 Å². The van der Waals surface area contributed by atoms with Crippen molar-refractivity contribution in [1.29, 1.82) is 0 Å². The molecule has 1 N–H and O–H groups in total. The normalized spacial score (nSPS) is 10.1. The molecule has 0 bridgehead atoms. The van der Waals surface area contributed by atoms with Crippen LogP contribution in [0.25, 0.3) is 0 Å². The lowest BCUT2D eigenvalue weighted by Crippen LogP contribution is -2.25. The molecule has 0 spiro atoms. The smallest absolute Gasteiger partial charge is 0.224 e. The predicted molar refractivity (Wildman–Crippen MR) is 84.0 cm³/mol. The Labute approximate surface area is 130 Å². The second-order valence-electron chi connectivity index (χ2n) is 4.71. The highest BCUT2D eigenvalue weighted by Crippen LogP contribution is 2.15. The lowest BCUT2D eigenvalue weighted by molar-refractivity contribution is -0.120. The summed E-state index contributed by atoms with van der Waals surface area (Å²) in [6.45, 7) is 2.84. The predicted octanol–water partition coefficient (Wildman–Crippen LogP) is 2.35. The van der Waals surface area contributed by atoms with E-state index in [0.717, 1.165) is 16.9 Å². The van der Waals surface area contributed by atoms with E-state index in [1.54, 1.807) is 13.3 Å². The van der Waals surface area contributed by atoms with Crippen molar-refractivity contribution in [1.82, 2.24) is 10.3 Å². The van der Waals surface area contributed by atoms with E-state index in [9.17, 15) is 4.79 Å². The average Bonchev–Trinajstić information content (AvgIpc) is 2.54. The van der Waals surface area contributed by atoms with Gasteiger partial charge in [0.2, 0.25) is 11.8 Å². The van der Waals surface area contributed by atoms with Gasteiger partial charge in [0.1, 0.15) is 5.75 Å². The van der Waals surface area contributed by atoms with Crippen LogP contribution >= 0.6 is 0 Å². The van der Waals surface area contributed by atoms with Gasteiger partial charge in [-0.25, -0.2) is 4.98 Å². The summed E-state index contributed by atoms with van der Waals surface area (Å²) in [5, 5.41) is 2.88. The molecule has 0 atom stereocenters. The van der Waals surface area contributed by atoms with Gasteiger partial charge in [0.15, 0.2) is 0 Å². The Bertz CT molecular complexity index is 629. The molecule has 1 heterocycles. The van der Waals surface area contributed by atoms with Crippen molar-refractivity contribution in [3.05, 3.63) is 53.7 Å². The molecular formula is C17H20N2O3. The van der Waals surface area contributed by atoms with Gasteiger partial charge in [-0.1, -0.05) is 18.2 Å². The van der Waals surface area contributed by atoms with Crippen molar-refractivity contribution in [3.8, 4) is 11.6 Å². The maximum atomic E-state index is 12.0. The number of rotatable bonds is 7. The Kier molecular flexibility index (Phi) is 5.77. The van der Waals surface area contributed by atoms with Gasteiger partial charge in [-0.3, -0.25) is 4.79 Å². The zero-order valence-corrected chi connectivity index (χ0v) is 12.8. The Morgan fingerprint density at radius 2 is 2.14 bits per heavy atom. The molecule has 1 aromatic carbocycles. The van der Waals surface area contributed by atoms with Crippen molar-refractivity contribution in [3.63, 3.8) is 0 Å². The first-order valence-electron chi connectivity index (χ1n) is 7.19. The fraction of sp³-hybridized carbons (Fsp3) is 0.294. The van der Waals surface area contributed by atoms with E-state index >= 15 is 0 Å². The highest BCUT2D eigenvalue weighted by Gasteiger charge is 2.08. The van der Waals surface area contributed by atoms with Crippen LogP contribution in [0.1, 0.15) is 18.1 Å². The molecule has 0 radical (unpaired) electrons. The number of methoxy groups -OCH3 is 1. The summed E-state index contributed by atoms with van der Waals surface area (Å²) in [5.74, 6) is 1.25. The zero-order chi connectivity index (χ0) is 15.8. The summed E-state index contributed by atoms with van der Waals surface area (Å²) < 4.78 is 10.6. The first-order chi connectivity index (χ1) is 10.7. The van der Waals surface area contributed by atoms with E-state index in [-0.39, 0.29) is 5.91 Å². The van der Waals surface area contributed by atoms with Gasteiger partial charge in [0.25, 0.3) is 0 Å². The number of hydrogen-bond donors (Lipinski definition) is 1. The van der Waals surface area contributed by atoms with Crippen LogP contribution in [0, 0.1) is 0 Å². The summed E-state index contributed by atoms with van der Waals surface area (Å²) in [6.07, 6.45) is 1.98. The summed E-state index contributed by atoms with van der Waals surface area (Å²) in [5.41, 5.74) is 1.77. The third kappa shape index (κ3) is 4.48. The molecule has 5 nitrogen and oxygen atoms in total. The maximum Gasteiger partial charge on any atom is 0.224 e. The number of carbonyl (C=O) groups is 1. The molecule has 5 heteroatoms. The van der Waals surface area contributed by atoms with Gasteiger partial charge >= 0.3 is 0 Å². The number of amides is 1. The molecule has 0 saturated carbocycles. The standard InChI is InChI=1S/C17H20N2O3/c1-3-22-17-14(7-5-9-18-17)12-19-16(20)11-13-6-4-8-15(10-13)21-2/h4-10H,3,11-12H2,1-2H3,(H,19,20). The molecule has 0 fully saturated rings. The lowest BCUT2D eigenvalue weighted by Gasteiger charge is -2.10. The second kappa shape index (κ2) is 8.02. The van der Waals surface area contributed by atoms with Crippen LogP contribution in [-0.4, -0.2) is 24.6 Å². The minimum absolute atomic E-state index is 0.0560. The van der Waals surface area contributed by atoms with Crippen LogP contribution in [0.4, 0.5) is 0 Å². The molecule has 2 rings (SSSR count). The lowest BCUT2D eigenvalue weighted by atomic mass is 10.1. The minimum Gasteiger partial charge on any atom is -0.497 e. The quantitative estimate of drug-likeness (QED) is 0.852. The SMILES string of the molecule is CCOc1ncccc1CNC(=O)Cc1cccc(OC)c1. The molecule has 0 unspecified atom stereocenters. The van der Waals surface area contributed by atoms with Crippen molar-refractivity contribution < 1.29 is 14.3 Å². The maximum absolute atomic E-state index is 12.0. The van der Waals surface area contributed by atoms with Crippen molar-refractivity contribution >= 4 is 5.91 Å². The van der Waals surface area contributed by atoms with Gasteiger partial charge in [-0.15, -0.1) is 0 Å². The average molecular weight is 300 g/mol. The van der Waals surface area contributed by atoms with Gasteiger partial charge in [-0.05, 0) is 30.7 Å². The highest BCUT2D eigenvalue weighted by molar-refractivity contribution is 5.78. The molecule has 0 saturated heterocycles. The molecule has 2 aromatic rings. The monoisotopic (exact) mass is 300 g/mol. The molecule has 22 heavy (non-hydrogen) atoms. The molecule has 1 aromatic heterocycles.